The lowest BCUT2D eigenvalue weighted by molar-refractivity contribution is -0.176. The number of aryl methyl sites for hydroxylation is 1. The molecule has 2 heterocycles. The van der Waals surface area contributed by atoms with Crippen LogP contribution in [0.3, 0.4) is 0 Å². The Balaban J connectivity index is 2.48. The predicted octanol–water partition coefficient (Wildman–Crippen LogP) is 0.664. The molecule has 1 aliphatic rings. The molecule has 1 aromatic heterocycles. The molecule has 1 saturated heterocycles. The molecule has 0 aromatic carbocycles. The average Bonchev–Trinajstić information content (AvgIpc) is 2.85. The molecule has 1 aliphatic heterocycles. The van der Waals surface area contributed by atoms with Crippen LogP contribution < -0.4 is 0 Å². The topological polar surface area (TPSA) is 84.7 Å². The summed E-state index contributed by atoms with van der Waals surface area (Å²) in [4.78, 5) is 25.1. The number of amides is 1. The molecule has 2 atom stereocenters. The van der Waals surface area contributed by atoms with Gasteiger partial charge in [0, 0.05) is 18.8 Å². The number of aromatic nitrogens is 2. The third-order valence-electron chi connectivity index (χ3n) is 3.41. The number of aliphatic carboxylic acids is 1. The number of hydrogen-bond acceptors (Lipinski definition) is 4. The fourth-order valence-corrected chi connectivity index (χ4v) is 2.60. The lowest BCUT2D eigenvalue weighted by atomic mass is 10.0. The molecule has 1 N–H and O–H groups in total. The van der Waals surface area contributed by atoms with Gasteiger partial charge in [-0.2, -0.15) is 5.10 Å². The van der Waals surface area contributed by atoms with Crippen molar-refractivity contribution in [2.75, 3.05) is 6.61 Å². The normalized spacial score (nSPS) is 23.4. The molecule has 7 heteroatoms. The Morgan fingerprint density at radius 3 is 2.85 bits per heavy atom. The summed E-state index contributed by atoms with van der Waals surface area (Å²) in [6, 6.07) is 0.969. The smallest absolute Gasteiger partial charge is 0.335 e. The van der Waals surface area contributed by atoms with Gasteiger partial charge in [-0.15, -0.1) is 0 Å². The maximum absolute atomic E-state index is 12.1. The zero-order valence-corrected chi connectivity index (χ0v) is 11.8. The van der Waals surface area contributed by atoms with E-state index in [4.69, 9.17) is 4.74 Å². The number of nitrogens with zero attached hydrogens (tertiary/aromatic N) is 3. The molecule has 2 unspecified atom stereocenters. The predicted molar refractivity (Wildman–Crippen MR) is 70.0 cm³/mol. The lowest BCUT2D eigenvalue weighted by Gasteiger charge is -2.41. The zero-order valence-electron chi connectivity index (χ0n) is 11.8. The molecule has 1 fully saturated rings. The van der Waals surface area contributed by atoms with Gasteiger partial charge in [-0.05, 0) is 26.8 Å². The highest BCUT2D eigenvalue weighted by atomic mass is 16.5. The molecule has 20 heavy (non-hydrogen) atoms. The Morgan fingerprint density at radius 1 is 1.60 bits per heavy atom. The Kier molecular flexibility index (Phi) is 4.08. The van der Waals surface area contributed by atoms with Gasteiger partial charge in [0.25, 0.3) is 0 Å². The van der Waals surface area contributed by atoms with Crippen LogP contribution in [-0.2, 0) is 20.9 Å². The van der Waals surface area contributed by atoms with Crippen molar-refractivity contribution in [1.29, 1.82) is 0 Å². The summed E-state index contributed by atoms with van der Waals surface area (Å²) < 4.78 is 6.93. The van der Waals surface area contributed by atoms with Crippen LogP contribution in [0.5, 0.6) is 0 Å². The summed E-state index contributed by atoms with van der Waals surface area (Å²) in [5, 5.41) is 13.5. The van der Waals surface area contributed by atoms with Gasteiger partial charge in [0.1, 0.15) is 12.6 Å². The Labute approximate surface area is 117 Å². The Morgan fingerprint density at radius 2 is 2.30 bits per heavy atom. The number of morpholine rings is 1. The maximum atomic E-state index is 12.1. The Bertz CT molecular complexity index is 511. The summed E-state index contributed by atoms with van der Waals surface area (Å²) in [5.74, 6) is -1.27. The van der Waals surface area contributed by atoms with Crippen molar-refractivity contribution in [1.82, 2.24) is 14.7 Å². The van der Waals surface area contributed by atoms with Gasteiger partial charge >= 0.3 is 5.97 Å². The van der Waals surface area contributed by atoms with Crippen molar-refractivity contribution in [2.45, 2.75) is 45.5 Å². The number of hydrogen-bond donors (Lipinski definition) is 1. The fraction of sp³-hybridized carbons (Fsp3) is 0.615. The van der Waals surface area contributed by atoms with E-state index in [1.807, 2.05) is 20.8 Å². The van der Waals surface area contributed by atoms with E-state index >= 15 is 0 Å². The molecule has 0 spiro atoms. The molecule has 1 aromatic rings. The largest absolute Gasteiger partial charge is 0.479 e. The fourth-order valence-electron chi connectivity index (χ4n) is 2.60. The van der Waals surface area contributed by atoms with Crippen LogP contribution in [0, 0.1) is 0 Å². The molecular formula is C13H19N3O4. The van der Waals surface area contributed by atoms with Crippen molar-refractivity contribution >= 4 is 11.9 Å². The minimum absolute atomic E-state index is 0.113. The molecular weight excluding hydrogens is 262 g/mol. The first-order valence-electron chi connectivity index (χ1n) is 6.64. The lowest BCUT2D eigenvalue weighted by Crippen LogP contribution is -2.54. The summed E-state index contributed by atoms with van der Waals surface area (Å²) in [7, 11) is 0. The van der Waals surface area contributed by atoms with Crippen LogP contribution in [0.4, 0.5) is 0 Å². The van der Waals surface area contributed by atoms with E-state index in [2.05, 4.69) is 5.10 Å². The minimum Gasteiger partial charge on any atom is -0.479 e. The second-order valence-corrected chi connectivity index (χ2v) is 4.98. The quantitative estimate of drug-likeness (QED) is 0.876. The van der Waals surface area contributed by atoms with Crippen LogP contribution in [0.1, 0.15) is 32.5 Å². The molecule has 0 bridgehead atoms. The van der Waals surface area contributed by atoms with Gasteiger partial charge in [0.15, 0.2) is 6.10 Å². The van der Waals surface area contributed by atoms with Crippen LogP contribution in [-0.4, -0.2) is 50.4 Å². The second-order valence-electron chi connectivity index (χ2n) is 4.98. The second kappa shape index (κ2) is 5.62. The van der Waals surface area contributed by atoms with E-state index in [0.29, 0.717) is 12.2 Å². The van der Waals surface area contributed by atoms with Gasteiger partial charge in [-0.1, -0.05) is 0 Å². The van der Waals surface area contributed by atoms with Crippen molar-refractivity contribution < 1.29 is 19.4 Å². The zero-order chi connectivity index (χ0) is 14.9. The maximum Gasteiger partial charge on any atom is 0.335 e. The van der Waals surface area contributed by atoms with E-state index < -0.39 is 18.1 Å². The standard InChI is InChI=1S/C13H19N3O4/c1-4-15-9(5-6-14-15)11-12(13(18)19)20-7-10(17)16(11)8(2)3/h5-6,8,11-12H,4,7H2,1-3H3,(H,18,19). The molecule has 7 nitrogen and oxygen atoms in total. The number of ether oxygens (including phenoxy) is 1. The first kappa shape index (κ1) is 14.5. The Hall–Kier alpha value is -1.89. The summed E-state index contributed by atoms with van der Waals surface area (Å²) in [6.45, 7) is 6.04. The molecule has 2 rings (SSSR count). The van der Waals surface area contributed by atoms with E-state index in [1.165, 1.54) is 0 Å². The van der Waals surface area contributed by atoms with Gasteiger partial charge < -0.3 is 14.7 Å². The van der Waals surface area contributed by atoms with E-state index in [-0.39, 0.29) is 18.6 Å². The number of carbonyl (C=O) groups is 2. The van der Waals surface area contributed by atoms with Crippen LogP contribution >= 0.6 is 0 Å². The monoisotopic (exact) mass is 281 g/mol. The molecule has 0 saturated carbocycles. The van der Waals surface area contributed by atoms with Crippen LogP contribution in [0.25, 0.3) is 0 Å². The molecule has 0 aliphatic carbocycles. The SMILES string of the molecule is CCn1nccc1C1C(C(=O)O)OCC(=O)N1C(C)C. The van der Waals surface area contributed by atoms with E-state index in [0.717, 1.165) is 0 Å². The number of carbonyl (C=O) groups excluding carboxylic acids is 1. The highest BCUT2D eigenvalue weighted by molar-refractivity contribution is 5.83. The van der Waals surface area contributed by atoms with Crippen LogP contribution in [0.15, 0.2) is 12.3 Å². The number of carboxylic acids is 1. The summed E-state index contributed by atoms with van der Waals surface area (Å²) in [5.41, 5.74) is 0.682. The molecule has 0 radical (unpaired) electrons. The van der Waals surface area contributed by atoms with Gasteiger partial charge in [0.05, 0.1) is 5.69 Å². The first-order chi connectivity index (χ1) is 9.47. The highest BCUT2D eigenvalue weighted by Gasteiger charge is 2.44. The summed E-state index contributed by atoms with van der Waals surface area (Å²) >= 11 is 0. The van der Waals surface area contributed by atoms with E-state index in [1.54, 1.807) is 21.8 Å². The van der Waals surface area contributed by atoms with Crippen molar-refractivity contribution in [3.63, 3.8) is 0 Å². The number of rotatable bonds is 4. The third kappa shape index (κ3) is 2.40. The van der Waals surface area contributed by atoms with Crippen molar-refractivity contribution in [2.24, 2.45) is 0 Å². The van der Waals surface area contributed by atoms with Gasteiger partial charge in [-0.3, -0.25) is 9.48 Å². The van der Waals surface area contributed by atoms with Crippen molar-refractivity contribution in [3.05, 3.63) is 18.0 Å². The highest BCUT2D eigenvalue weighted by Crippen LogP contribution is 2.32. The minimum atomic E-state index is -1.07. The first-order valence-corrected chi connectivity index (χ1v) is 6.64. The number of carboxylic acid groups (broad SMARTS) is 1. The van der Waals surface area contributed by atoms with Gasteiger partial charge in [-0.25, -0.2) is 4.79 Å². The molecule has 110 valence electrons. The third-order valence-corrected chi connectivity index (χ3v) is 3.41. The van der Waals surface area contributed by atoms with Crippen LogP contribution in [0.2, 0.25) is 0 Å². The van der Waals surface area contributed by atoms with Crippen molar-refractivity contribution in [3.8, 4) is 0 Å². The van der Waals surface area contributed by atoms with Gasteiger partial charge in [0.2, 0.25) is 5.91 Å². The van der Waals surface area contributed by atoms with E-state index in [9.17, 15) is 14.7 Å². The molecule has 1 amide bonds. The summed E-state index contributed by atoms with van der Waals surface area (Å²) in [6.07, 6.45) is 0.534. The average molecular weight is 281 g/mol.